The maximum absolute atomic E-state index is 12.7. The minimum absolute atomic E-state index is 0.111. The number of carbonyl (C=O) groups excluding carboxylic acids is 1. The highest BCUT2D eigenvalue weighted by molar-refractivity contribution is 9.10. The molecule has 2 aromatic carbocycles. The van der Waals surface area contributed by atoms with Gasteiger partial charge in [-0.05, 0) is 35.9 Å². The summed E-state index contributed by atoms with van der Waals surface area (Å²) in [4.78, 5) is 14.3. The summed E-state index contributed by atoms with van der Waals surface area (Å²) in [6.07, 6.45) is 0. The Morgan fingerprint density at radius 2 is 2.14 bits per heavy atom. The number of anilines is 1. The third-order valence-corrected chi connectivity index (χ3v) is 4.42. The SMILES string of the molecule is O=C1c2ccc(Br)cc2NCN1C(CO)c1cccc(Cl)c1. The van der Waals surface area contributed by atoms with Gasteiger partial charge in [-0.2, -0.15) is 0 Å². The molecule has 0 radical (unpaired) electrons. The van der Waals surface area contributed by atoms with Crippen LogP contribution in [0.4, 0.5) is 5.69 Å². The third-order valence-electron chi connectivity index (χ3n) is 3.70. The van der Waals surface area contributed by atoms with E-state index in [4.69, 9.17) is 11.6 Å². The molecule has 0 aliphatic carbocycles. The number of aliphatic hydroxyl groups is 1. The van der Waals surface area contributed by atoms with Crippen molar-refractivity contribution in [2.75, 3.05) is 18.6 Å². The van der Waals surface area contributed by atoms with Gasteiger partial charge in [0.25, 0.3) is 5.91 Å². The number of rotatable bonds is 3. The van der Waals surface area contributed by atoms with Crippen molar-refractivity contribution >= 4 is 39.1 Å². The fraction of sp³-hybridized carbons (Fsp3) is 0.188. The molecule has 1 heterocycles. The average Bonchev–Trinajstić information content (AvgIpc) is 2.50. The molecule has 114 valence electrons. The molecule has 1 unspecified atom stereocenters. The summed E-state index contributed by atoms with van der Waals surface area (Å²) in [5, 5.41) is 13.6. The van der Waals surface area contributed by atoms with Crippen LogP contribution in [0.3, 0.4) is 0 Å². The lowest BCUT2D eigenvalue weighted by atomic mass is 10.0. The standard InChI is InChI=1S/C16H14BrClN2O2/c17-11-4-5-13-14(7-11)19-9-20(16(13)22)15(8-21)10-2-1-3-12(18)6-10/h1-7,15,19,21H,8-9H2. The van der Waals surface area contributed by atoms with Gasteiger partial charge in [0.2, 0.25) is 0 Å². The predicted molar refractivity (Wildman–Crippen MR) is 90.1 cm³/mol. The molecule has 0 bridgehead atoms. The van der Waals surface area contributed by atoms with Gasteiger partial charge in [-0.15, -0.1) is 0 Å². The van der Waals surface area contributed by atoms with Gasteiger partial charge in [0.1, 0.15) is 0 Å². The van der Waals surface area contributed by atoms with E-state index < -0.39 is 6.04 Å². The first kappa shape index (κ1) is 15.3. The summed E-state index contributed by atoms with van der Waals surface area (Å²) in [5.74, 6) is -0.111. The Morgan fingerprint density at radius 1 is 1.32 bits per heavy atom. The van der Waals surface area contributed by atoms with Gasteiger partial charge in [-0.25, -0.2) is 0 Å². The first-order valence-corrected chi connectivity index (χ1v) is 7.98. The van der Waals surface area contributed by atoms with Crippen LogP contribution in [-0.2, 0) is 0 Å². The van der Waals surface area contributed by atoms with Crippen LogP contribution >= 0.6 is 27.5 Å². The summed E-state index contributed by atoms with van der Waals surface area (Å²) in [6.45, 7) is 0.166. The maximum Gasteiger partial charge on any atom is 0.257 e. The van der Waals surface area contributed by atoms with Crippen LogP contribution in [-0.4, -0.2) is 29.2 Å². The average molecular weight is 382 g/mol. The zero-order valence-electron chi connectivity index (χ0n) is 11.6. The zero-order chi connectivity index (χ0) is 15.7. The van der Waals surface area contributed by atoms with Gasteiger partial charge in [-0.1, -0.05) is 39.7 Å². The number of nitrogens with one attached hydrogen (secondary N) is 1. The topological polar surface area (TPSA) is 52.6 Å². The lowest BCUT2D eigenvalue weighted by Gasteiger charge is -2.35. The number of halogens is 2. The van der Waals surface area contributed by atoms with Crippen LogP contribution < -0.4 is 5.32 Å². The van der Waals surface area contributed by atoms with Crippen molar-refractivity contribution < 1.29 is 9.90 Å². The molecule has 22 heavy (non-hydrogen) atoms. The molecule has 0 spiro atoms. The monoisotopic (exact) mass is 380 g/mol. The van der Waals surface area contributed by atoms with Crippen molar-refractivity contribution in [2.24, 2.45) is 0 Å². The van der Waals surface area contributed by atoms with Crippen molar-refractivity contribution in [3.05, 3.63) is 63.1 Å². The number of hydrogen-bond acceptors (Lipinski definition) is 3. The van der Waals surface area contributed by atoms with E-state index in [1.54, 1.807) is 23.1 Å². The number of aliphatic hydroxyl groups excluding tert-OH is 1. The highest BCUT2D eigenvalue weighted by Gasteiger charge is 2.30. The van der Waals surface area contributed by atoms with Gasteiger partial charge >= 0.3 is 0 Å². The molecule has 0 saturated carbocycles. The van der Waals surface area contributed by atoms with Crippen molar-refractivity contribution in [3.63, 3.8) is 0 Å². The molecule has 2 aromatic rings. The van der Waals surface area contributed by atoms with Crippen molar-refractivity contribution in [3.8, 4) is 0 Å². The molecule has 6 heteroatoms. The van der Waals surface area contributed by atoms with Crippen LogP contribution in [0.25, 0.3) is 0 Å². The van der Waals surface area contributed by atoms with E-state index in [0.29, 0.717) is 17.3 Å². The van der Waals surface area contributed by atoms with Gasteiger partial charge < -0.3 is 15.3 Å². The second-order valence-corrected chi connectivity index (χ2v) is 6.41. The third kappa shape index (κ3) is 2.84. The van der Waals surface area contributed by atoms with E-state index in [2.05, 4.69) is 21.2 Å². The molecule has 0 saturated heterocycles. The molecule has 0 fully saturated rings. The molecule has 0 aromatic heterocycles. The van der Waals surface area contributed by atoms with E-state index in [1.165, 1.54) is 0 Å². The largest absolute Gasteiger partial charge is 0.394 e. The highest BCUT2D eigenvalue weighted by Crippen LogP contribution is 2.31. The quantitative estimate of drug-likeness (QED) is 0.853. The Bertz CT molecular complexity index is 723. The first-order chi connectivity index (χ1) is 10.6. The fourth-order valence-corrected chi connectivity index (χ4v) is 3.16. The molecule has 1 amide bonds. The Morgan fingerprint density at radius 3 is 2.86 bits per heavy atom. The number of carbonyl (C=O) groups is 1. The van der Waals surface area contributed by atoms with Gasteiger partial charge in [0, 0.05) is 15.2 Å². The molecule has 2 N–H and O–H groups in total. The lowest BCUT2D eigenvalue weighted by molar-refractivity contribution is 0.0598. The molecule has 3 rings (SSSR count). The number of amides is 1. The number of fused-ring (bicyclic) bond motifs is 1. The summed E-state index contributed by atoms with van der Waals surface area (Å²) in [7, 11) is 0. The van der Waals surface area contributed by atoms with Crippen LogP contribution in [0.5, 0.6) is 0 Å². The van der Waals surface area contributed by atoms with E-state index in [0.717, 1.165) is 15.7 Å². The minimum atomic E-state index is -0.435. The van der Waals surface area contributed by atoms with Gasteiger partial charge in [-0.3, -0.25) is 4.79 Å². The number of hydrogen-bond donors (Lipinski definition) is 2. The fourth-order valence-electron chi connectivity index (χ4n) is 2.60. The van der Waals surface area contributed by atoms with Crippen LogP contribution in [0.2, 0.25) is 5.02 Å². The van der Waals surface area contributed by atoms with Crippen molar-refractivity contribution in [2.45, 2.75) is 6.04 Å². The molecule has 1 aliphatic heterocycles. The first-order valence-electron chi connectivity index (χ1n) is 6.81. The highest BCUT2D eigenvalue weighted by atomic mass is 79.9. The van der Waals surface area contributed by atoms with E-state index in [9.17, 15) is 9.90 Å². The van der Waals surface area contributed by atoms with Crippen LogP contribution in [0.1, 0.15) is 22.0 Å². The van der Waals surface area contributed by atoms with Gasteiger partial charge in [0.05, 0.1) is 24.9 Å². The van der Waals surface area contributed by atoms with Crippen LogP contribution in [0.15, 0.2) is 46.9 Å². The maximum atomic E-state index is 12.7. The van der Waals surface area contributed by atoms with Crippen LogP contribution in [0, 0.1) is 0 Å². The summed E-state index contributed by atoms with van der Waals surface area (Å²) in [5.41, 5.74) is 2.19. The Labute approximate surface area is 141 Å². The Balaban J connectivity index is 1.94. The lowest BCUT2D eigenvalue weighted by Crippen LogP contribution is -2.43. The second-order valence-electron chi connectivity index (χ2n) is 5.05. The van der Waals surface area contributed by atoms with E-state index in [1.807, 2.05) is 24.3 Å². The number of nitrogens with zero attached hydrogens (tertiary/aromatic N) is 1. The van der Waals surface area contributed by atoms with E-state index in [-0.39, 0.29) is 12.5 Å². The molecular formula is C16H14BrClN2O2. The van der Waals surface area contributed by atoms with Crippen molar-refractivity contribution in [1.29, 1.82) is 0 Å². The smallest absolute Gasteiger partial charge is 0.257 e. The second kappa shape index (κ2) is 6.28. The summed E-state index contributed by atoms with van der Waals surface area (Å²) < 4.78 is 0.911. The molecular weight excluding hydrogens is 368 g/mol. The normalized spacial score (nSPS) is 15.2. The zero-order valence-corrected chi connectivity index (χ0v) is 13.9. The summed E-state index contributed by atoms with van der Waals surface area (Å²) in [6, 6.07) is 12.2. The van der Waals surface area contributed by atoms with E-state index >= 15 is 0 Å². The Kier molecular flexibility index (Phi) is 4.38. The predicted octanol–water partition coefficient (Wildman–Crippen LogP) is 3.66. The van der Waals surface area contributed by atoms with Crippen molar-refractivity contribution in [1.82, 2.24) is 4.90 Å². The van der Waals surface area contributed by atoms with Gasteiger partial charge in [0.15, 0.2) is 0 Å². The number of benzene rings is 2. The molecule has 1 aliphatic rings. The molecule has 1 atom stereocenters. The Hall–Kier alpha value is -1.56. The minimum Gasteiger partial charge on any atom is -0.394 e. The summed E-state index contributed by atoms with van der Waals surface area (Å²) >= 11 is 9.41. The molecule has 4 nitrogen and oxygen atoms in total.